The topological polar surface area (TPSA) is 67.2 Å². The minimum absolute atomic E-state index is 0.00100. The SMILES string of the molecule is Cc1cc(C(=O)NC(C)Cn2ccnc2)sc1C#CCO. The average molecular weight is 303 g/mol. The smallest absolute Gasteiger partial charge is 0.261 e. The van der Waals surface area contributed by atoms with Crippen molar-refractivity contribution in [3.8, 4) is 11.8 Å². The zero-order chi connectivity index (χ0) is 15.2. The van der Waals surface area contributed by atoms with Gasteiger partial charge >= 0.3 is 0 Å². The van der Waals surface area contributed by atoms with E-state index in [1.165, 1.54) is 11.3 Å². The predicted molar refractivity (Wildman–Crippen MR) is 82.2 cm³/mol. The number of aliphatic hydroxyl groups is 1. The molecule has 0 radical (unpaired) electrons. The van der Waals surface area contributed by atoms with E-state index in [9.17, 15) is 4.79 Å². The number of carbonyl (C=O) groups is 1. The Balaban J connectivity index is 2.00. The lowest BCUT2D eigenvalue weighted by Crippen LogP contribution is -2.35. The van der Waals surface area contributed by atoms with Gasteiger partial charge in [-0.2, -0.15) is 0 Å². The molecular weight excluding hydrogens is 286 g/mol. The molecule has 0 aliphatic carbocycles. The van der Waals surface area contributed by atoms with Crippen molar-refractivity contribution in [1.82, 2.24) is 14.9 Å². The van der Waals surface area contributed by atoms with Crippen LogP contribution in [-0.2, 0) is 6.54 Å². The van der Waals surface area contributed by atoms with Gasteiger partial charge in [0, 0.05) is 25.0 Å². The van der Waals surface area contributed by atoms with Gasteiger partial charge in [0.2, 0.25) is 0 Å². The monoisotopic (exact) mass is 303 g/mol. The van der Waals surface area contributed by atoms with Gasteiger partial charge in [0.25, 0.3) is 5.91 Å². The van der Waals surface area contributed by atoms with Gasteiger partial charge in [-0.15, -0.1) is 11.3 Å². The summed E-state index contributed by atoms with van der Waals surface area (Å²) in [7, 11) is 0. The molecule has 110 valence electrons. The number of aromatic nitrogens is 2. The molecule has 0 fully saturated rings. The lowest BCUT2D eigenvalue weighted by Gasteiger charge is -2.13. The Morgan fingerprint density at radius 2 is 2.43 bits per heavy atom. The van der Waals surface area contributed by atoms with E-state index in [1.54, 1.807) is 12.5 Å². The van der Waals surface area contributed by atoms with E-state index in [0.717, 1.165) is 10.4 Å². The second-order valence-corrected chi connectivity index (χ2v) is 5.77. The summed E-state index contributed by atoms with van der Waals surface area (Å²) in [5.41, 5.74) is 0.952. The molecule has 2 rings (SSSR count). The number of hydrogen-bond donors (Lipinski definition) is 2. The molecule has 0 aliphatic heterocycles. The Morgan fingerprint density at radius 3 is 3.10 bits per heavy atom. The number of nitrogens with one attached hydrogen (secondary N) is 1. The molecule has 0 bridgehead atoms. The number of hydrogen-bond acceptors (Lipinski definition) is 4. The maximum atomic E-state index is 12.2. The Hall–Kier alpha value is -2.10. The van der Waals surface area contributed by atoms with Crippen LogP contribution in [0.15, 0.2) is 24.8 Å². The van der Waals surface area contributed by atoms with Crippen molar-refractivity contribution >= 4 is 17.2 Å². The van der Waals surface area contributed by atoms with E-state index < -0.39 is 0 Å². The van der Waals surface area contributed by atoms with E-state index in [4.69, 9.17) is 5.11 Å². The van der Waals surface area contributed by atoms with Crippen LogP contribution in [0.3, 0.4) is 0 Å². The highest BCUT2D eigenvalue weighted by Gasteiger charge is 2.14. The summed E-state index contributed by atoms with van der Waals surface area (Å²) in [6.07, 6.45) is 5.30. The van der Waals surface area contributed by atoms with Crippen LogP contribution in [0, 0.1) is 18.8 Å². The van der Waals surface area contributed by atoms with Crippen molar-refractivity contribution in [3.63, 3.8) is 0 Å². The Labute approximate surface area is 127 Å². The molecule has 1 atom stereocenters. The molecule has 21 heavy (non-hydrogen) atoms. The number of thiophene rings is 1. The van der Waals surface area contributed by atoms with Crippen LogP contribution in [0.5, 0.6) is 0 Å². The molecule has 2 aromatic heterocycles. The standard InChI is InChI=1S/C15H17N3O2S/c1-11-8-14(21-13(11)4-3-7-19)15(20)17-12(2)9-18-6-5-16-10-18/h5-6,8,10,12,19H,7,9H2,1-2H3,(H,17,20). The quantitative estimate of drug-likeness (QED) is 0.839. The fourth-order valence-electron chi connectivity index (χ4n) is 1.89. The molecule has 2 N–H and O–H groups in total. The third-order valence-electron chi connectivity index (χ3n) is 2.84. The lowest BCUT2D eigenvalue weighted by atomic mass is 10.2. The largest absolute Gasteiger partial charge is 0.384 e. The number of imidazole rings is 1. The van der Waals surface area contributed by atoms with Gasteiger partial charge in [0.1, 0.15) is 6.61 Å². The predicted octanol–water partition coefficient (Wildman–Crippen LogP) is 1.42. The molecule has 2 aromatic rings. The van der Waals surface area contributed by atoms with E-state index in [1.807, 2.05) is 30.7 Å². The highest BCUT2D eigenvalue weighted by atomic mass is 32.1. The number of aliphatic hydroxyl groups excluding tert-OH is 1. The zero-order valence-electron chi connectivity index (χ0n) is 12.0. The van der Waals surface area contributed by atoms with Crippen LogP contribution in [0.1, 0.15) is 27.0 Å². The van der Waals surface area contributed by atoms with Crippen molar-refractivity contribution in [2.24, 2.45) is 0 Å². The van der Waals surface area contributed by atoms with Gasteiger partial charge in [-0.05, 0) is 25.5 Å². The first kappa shape index (κ1) is 15.3. The molecule has 2 heterocycles. The zero-order valence-corrected chi connectivity index (χ0v) is 12.8. The fraction of sp³-hybridized carbons (Fsp3) is 0.333. The number of carbonyl (C=O) groups excluding carboxylic acids is 1. The van der Waals surface area contributed by atoms with Crippen molar-refractivity contribution in [2.75, 3.05) is 6.61 Å². The minimum atomic E-state index is -0.180. The maximum Gasteiger partial charge on any atom is 0.261 e. The Morgan fingerprint density at radius 1 is 1.62 bits per heavy atom. The van der Waals surface area contributed by atoms with Crippen LogP contribution in [-0.4, -0.2) is 33.2 Å². The van der Waals surface area contributed by atoms with Crippen LogP contribution in [0.25, 0.3) is 0 Å². The lowest BCUT2D eigenvalue weighted by molar-refractivity contribution is 0.0941. The van der Waals surface area contributed by atoms with Gasteiger partial charge in [-0.1, -0.05) is 11.8 Å². The molecule has 1 unspecified atom stereocenters. The van der Waals surface area contributed by atoms with Crippen molar-refractivity contribution in [2.45, 2.75) is 26.4 Å². The molecule has 6 heteroatoms. The normalized spacial score (nSPS) is 11.6. The van der Waals surface area contributed by atoms with Crippen LogP contribution >= 0.6 is 11.3 Å². The molecular formula is C15H17N3O2S. The second kappa shape index (κ2) is 7.07. The van der Waals surface area contributed by atoms with Crippen molar-refractivity contribution < 1.29 is 9.90 Å². The molecule has 5 nitrogen and oxygen atoms in total. The van der Waals surface area contributed by atoms with Crippen LogP contribution in [0.4, 0.5) is 0 Å². The summed E-state index contributed by atoms with van der Waals surface area (Å²) in [4.78, 5) is 17.6. The van der Waals surface area contributed by atoms with Gasteiger partial charge in [-0.25, -0.2) is 4.98 Å². The summed E-state index contributed by atoms with van der Waals surface area (Å²) < 4.78 is 1.92. The van der Waals surface area contributed by atoms with Crippen LogP contribution < -0.4 is 5.32 Å². The molecule has 1 amide bonds. The van der Waals surface area contributed by atoms with Gasteiger partial charge < -0.3 is 15.0 Å². The fourth-order valence-corrected chi connectivity index (χ4v) is 2.84. The van der Waals surface area contributed by atoms with E-state index >= 15 is 0 Å². The summed E-state index contributed by atoms with van der Waals surface area (Å²) >= 11 is 1.34. The first-order valence-corrected chi connectivity index (χ1v) is 7.38. The summed E-state index contributed by atoms with van der Waals surface area (Å²) in [5, 5.41) is 11.7. The van der Waals surface area contributed by atoms with Gasteiger partial charge in [0.15, 0.2) is 0 Å². The third kappa shape index (κ3) is 4.18. The van der Waals surface area contributed by atoms with E-state index in [2.05, 4.69) is 22.1 Å². The summed E-state index contributed by atoms with van der Waals surface area (Å²) in [6.45, 7) is 4.35. The van der Waals surface area contributed by atoms with Crippen molar-refractivity contribution in [1.29, 1.82) is 0 Å². The molecule has 0 aromatic carbocycles. The molecule has 0 saturated heterocycles. The molecule has 0 saturated carbocycles. The van der Waals surface area contributed by atoms with Gasteiger partial charge in [0.05, 0.1) is 16.1 Å². The van der Waals surface area contributed by atoms with Gasteiger partial charge in [-0.3, -0.25) is 4.79 Å². The first-order valence-electron chi connectivity index (χ1n) is 6.57. The van der Waals surface area contributed by atoms with Crippen LogP contribution in [0.2, 0.25) is 0 Å². The Kier molecular flexibility index (Phi) is 5.14. The number of aryl methyl sites for hydroxylation is 1. The summed E-state index contributed by atoms with van der Waals surface area (Å²) in [6, 6.07) is 1.83. The minimum Gasteiger partial charge on any atom is -0.384 e. The molecule has 0 spiro atoms. The highest BCUT2D eigenvalue weighted by Crippen LogP contribution is 2.21. The Bertz CT molecular complexity index is 665. The third-order valence-corrected chi connectivity index (χ3v) is 4.00. The number of amides is 1. The first-order chi connectivity index (χ1) is 10.1. The number of rotatable bonds is 4. The summed E-state index contributed by atoms with van der Waals surface area (Å²) in [5.74, 6) is 5.35. The van der Waals surface area contributed by atoms with E-state index in [0.29, 0.717) is 11.4 Å². The highest BCUT2D eigenvalue weighted by molar-refractivity contribution is 7.14. The average Bonchev–Trinajstić information content (AvgIpc) is 3.06. The number of nitrogens with zero attached hydrogens (tertiary/aromatic N) is 2. The van der Waals surface area contributed by atoms with E-state index in [-0.39, 0.29) is 18.6 Å². The van der Waals surface area contributed by atoms with Crippen molar-refractivity contribution in [3.05, 3.63) is 40.1 Å². The maximum absolute atomic E-state index is 12.2. The second-order valence-electron chi connectivity index (χ2n) is 4.72. The molecule has 0 aliphatic rings.